The number of hydrogen-bond acceptors (Lipinski definition) is 6. The molecular formula is C22H19F9N6O. The molecule has 3 aromatic rings. The van der Waals surface area contributed by atoms with Crippen LogP contribution in [0.15, 0.2) is 30.5 Å². The minimum absolute atomic E-state index is 0.0918. The van der Waals surface area contributed by atoms with Crippen LogP contribution in [0.25, 0.3) is 5.65 Å². The summed E-state index contributed by atoms with van der Waals surface area (Å²) in [4.78, 5) is 9.17. The summed E-state index contributed by atoms with van der Waals surface area (Å²) >= 11 is 0. The van der Waals surface area contributed by atoms with Crippen molar-refractivity contribution in [1.82, 2.24) is 19.6 Å². The largest absolute Gasteiger partial charge is 0.480 e. The van der Waals surface area contributed by atoms with E-state index in [1.165, 1.54) is 6.07 Å². The van der Waals surface area contributed by atoms with E-state index in [1.807, 2.05) is 0 Å². The third-order valence-electron chi connectivity index (χ3n) is 6.66. The molecule has 1 aliphatic heterocycles. The Kier molecular flexibility index (Phi) is 6.25. The Balaban J connectivity index is 1.38. The first kappa shape index (κ1) is 26.2. The van der Waals surface area contributed by atoms with Gasteiger partial charge >= 0.3 is 18.5 Å². The van der Waals surface area contributed by atoms with Crippen molar-refractivity contribution in [2.24, 2.45) is 11.8 Å². The standard InChI is InChI=1S/C22H19F9N6O/c23-20(24,25)10-38-14-3-4-16(22(29,30)31)37-18(14)34-19(35-37)33-17-11-1-2-12(17)9-36(8-11)13-5-6-32-15(7-13)21(26,27)28/h3-7,11-12,17H,1-2,8-10H2,(H,33,35)/t11-,12?,17-/m0/s1. The van der Waals surface area contributed by atoms with E-state index in [0.29, 0.717) is 42.2 Å². The minimum atomic E-state index is -4.87. The molecule has 7 nitrogen and oxygen atoms in total. The molecule has 0 radical (unpaired) electrons. The van der Waals surface area contributed by atoms with E-state index in [2.05, 4.69) is 25.1 Å². The van der Waals surface area contributed by atoms with Crippen LogP contribution in [0, 0.1) is 11.8 Å². The maximum atomic E-state index is 13.5. The fraction of sp³-hybridized carbons (Fsp3) is 0.500. The van der Waals surface area contributed by atoms with Crippen LogP contribution in [0.2, 0.25) is 0 Å². The molecule has 1 saturated carbocycles. The fourth-order valence-electron chi connectivity index (χ4n) is 5.08. The van der Waals surface area contributed by atoms with Gasteiger partial charge in [0, 0.05) is 31.0 Å². The van der Waals surface area contributed by atoms with Crippen LogP contribution in [0.5, 0.6) is 5.75 Å². The number of alkyl halides is 9. The van der Waals surface area contributed by atoms with Gasteiger partial charge in [-0.05, 0) is 48.9 Å². The minimum Gasteiger partial charge on any atom is -0.480 e. The molecule has 2 aliphatic rings. The van der Waals surface area contributed by atoms with Crippen LogP contribution in [0.4, 0.5) is 51.1 Å². The van der Waals surface area contributed by atoms with Crippen molar-refractivity contribution in [3.63, 3.8) is 0 Å². The third-order valence-corrected chi connectivity index (χ3v) is 6.66. The van der Waals surface area contributed by atoms with Gasteiger partial charge in [-0.1, -0.05) is 0 Å². The van der Waals surface area contributed by atoms with E-state index >= 15 is 0 Å². The number of anilines is 2. The summed E-state index contributed by atoms with van der Waals surface area (Å²) in [5.41, 5.74) is -2.44. The van der Waals surface area contributed by atoms with Crippen LogP contribution in [0.3, 0.4) is 0 Å². The van der Waals surface area contributed by atoms with Gasteiger partial charge in [-0.2, -0.15) is 44.5 Å². The Labute approximate surface area is 208 Å². The highest BCUT2D eigenvalue weighted by Gasteiger charge is 2.43. The second-order valence-electron chi connectivity index (χ2n) is 9.22. The summed E-state index contributed by atoms with van der Waals surface area (Å²) in [5, 5.41) is 6.87. The van der Waals surface area contributed by atoms with Gasteiger partial charge in [0.2, 0.25) is 5.95 Å². The van der Waals surface area contributed by atoms with E-state index in [1.54, 1.807) is 4.90 Å². The van der Waals surface area contributed by atoms with Crippen molar-refractivity contribution >= 4 is 17.3 Å². The first-order chi connectivity index (χ1) is 17.7. The highest BCUT2D eigenvalue weighted by Crippen LogP contribution is 2.41. The number of aromatic nitrogens is 4. The van der Waals surface area contributed by atoms with Crippen LogP contribution in [-0.2, 0) is 12.4 Å². The Hall–Kier alpha value is -3.46. The number of nitrogens with one attached hydrogen (secondary N) is 1. The number of hydrogen-bond donors (Lipinski definition) is 1. The molecule has 0 aromatic carbocycles. The molecule has 1 unspecified atom stereocenters. The molecule has 5 rings (SSSR count). The first-order valence-electron chi connectivity index (χ1n) is 11.4. The second kappa shape index (κ2) is 9.08. The number of ether oxygens (including phenoxy) is 1. The predicted octanol–water partition coefficient (Wildman–Crippen LogP) is 5.43. The van der Waals surface area contributed by atoms with Crippen LogP contribution >= 0.6 is 0 Å². The smallest absolute Gasteiger partial charge is 0.433 e. The summed E-state index contributed by atoms with van der Waals surface area (Å²) in [7, 11) is 0. The van der Waals surface area contributed by atoms with Crippen molar-refractivity contribution in [3.8, 4) is 5.75 Å². The Bertz CT molecular complexity index is 1310. The quantitative estimate of drug-likeness (QED) is 0.425. The van der Waals surface area contributed by atoms with Crippen LogP contribution in [0.1, 0.15) is 24.2 Å². The summed E-state index contributed by atoms with van der Waals surface area (Å²) in [6.45, 7) is -0.982. The molecule has 2 bridgehead atoms. The number of rotatable bonds is 5. The van der Waals surface area contributed by atoms with Gasteiger partial charge in [0.1, 0.15) is 11.4 Å². The first-order valence-corrected chi connectivity index (χ1v) is 11.4. The summed E-state index contributed by atoms with van der Waals surface area (Å²) in [5.74, 6) is -0.930. The number of piperidine rings is 1. The highest BCUT2D eigenvalue weighted by atomic mass is 19.4. The van der Waals surface area contributed by atoms with Gasteiger partial charge in [-0.3, -0.25) is 4.98 Å². The number of halogens is 9. The van der Waals surface area contributed by atoms with Gasteiger partial charge < -0.3 is 15.0 Å². The molecule has 4 heterocycles. The van der Waals surface area contributed by atoms with Crippen molar-refractivity contribution < 1.29 is 44.3 Å². The zero-order chi connectivity index (χ0) is 27.5. The molecule has 3 aromatic heterocycles. The topological polar surface area (TPSA) is 67.6 Å². The summed E-state index contributed by atoms with van der Waals surface area (Å²) in [6, 6.07) is 3.46. The van der Waals surface area contributed by atoms with Crippen LogP contribution in [-0.4, -0.2) is 51.5 Å². The molecule has 0 amide bonds. The Morgan fingerprint density at radius 1 is 0.921 bits per heavy atom. The van der Waals surface area contributed by atoms with Crippen molar-refractivity contribution in [2.75, 3.05) is 29.9 Å². The van der Waals surface area contributed by atoms with E-state index in [9.17, 15) is 39.5 Å². The van der Waals surface area contributed by atoms with Gasteiger partial charge in [0.05, 0.1) is 0 Å². The van der Waals surface area contributed by atoms with E-state index in [4.69, 9.17) is 0 Å². The lowest BCUT2D eigenvalue weighted by atomic mass is 9.92. The van der Waals surface area contributed by atoms with Gasteiger partial charge in [-0.25, -0.2) is 4.52 Å². The lowest BCUT2D eigenvalue weighted by Gasteiger charge is -2.39. The van der Waals surface area contributed by atoms with Crippen molar-refractivity contribution in [1.29, 1.82) is 0 Å². The molecule has 1 aliphatic carbocycles. The lowest BCUT2D eigenvalue weighted by molar-refractivity contribution is -0.153. The molecule has 1 saturated heterocycles. The molecule has 3 atom stereocenters. The van der Waals surface area contributed by atoms with Crippen molar-refractivity contribution in [3.05, 3.63) is 41.9 Å². The molecule has 0 spiro atoms. The Morgan fingerprint density at radius 2 is 1.61 bits per heavy atom. The monoisotopic (exact) mass is 554 g/mol. The van der Waals surface area contributed by atoms with Crippen LogP contribution < -0.4 is 15.0 Å². The second-order valence-corrected chi connectivity index (χ2v) is 9.22. The molecular weight excluding hydrogens is 535 g/mol. The average molecular weight is 554 g/mol. The van der Waals surface area contributed by atoms with Crippen molar-refractivity contribution in [2.45, 2.75) is 37.4 Å². The summed E-state index contributed by atoms with van der Waals surface area (Å²) < 4.78 is 123. The maximum Gasteiger partial charge on any atom is 0.433 e. The van der Waals surface area contributed by atoms with E-state index in [-0.39, 0.29) is 23.8 Å². The van der Waals surface area contributed by atoms with Gasteiger partial charge in [0.25, 0.3) is 0 Å². The number of fused-ring (bicyclic) bond motifs is 3. The van der Waals surface area contributed by atoms with E-state index in [0.717, 1.165) is 18.3 Å². The fourth-order valence-corrected chi connectivity index (χ4v) is 5.08. The predicted molar refractivity (Wildman–Crippen MR) is 115 cm³/mol. The average Bonchev–Trinajstić information content (AvgIpc) is 3.32. The normalized spacial score (nSPS) is 22.2. The third kappa shape index (κ3) is 5.25. The van der Waals surface area contributed by atoms with Gasteiger partial charge in [-0.15, -0.1) is 5.10 Å². The Morgan fingerprint density at radius 3 is 2.21 bits per heavy atom. The van der Waals surface area contributed by atoms with Gasteiger partial charge in [0.15, 0.2) is 18.0 Å². The number of pyridine rings is 2. The number of nitrogens with zero attached hydrogens (tertiary/aromatic N) is 5. The zero-order valence-electron chi connectivity index (χ0n) is 19.2. The molecule has 38 heavy (non-hydrogen) atoms. The molecule has 1 N–H and O–H groups in total. The molecule has 206 valence electrons. The summed E-state index contributed by atoms with van der Waals surface area (Å²) in [6.07, 6.45) is -11.7. The SMILES string of the molecule is FC(F)(F)COc1ccc(C(F)(F)F)n2nc(N[C@@H]3C4CC[C@H]3CN(c3ccnc(C(F)(F)F)c3)C4)nc12. The maximum absolute atomic E-state index is 13.5. The highest BCUT2D eigenvalue weighted by molar-refractivity contribution is 5.57. The molecule has 16 heteroatoms. The van der Waals surface area contributed by atoms with E-state index < -0.39 is 47.9 Å². The lowest BCUT2D eigenvalue weighted by Crippen LogP contribution is -2.48. The zero-order valence-corrected chi connectivity index (χ0v) is 19.2. The molecule has 2 fully saturated rings.